The van der Waals surface area contributed by atoms with Crippen LogP contribution in [-0.2, 0) is 28.2 Å². The zero-order valence-electron chi connectivity index (χ0n) is 19.1. The molecule has 0 rings (SSSR count). The van der Waals surface area contributed by atoms with Gasteiger partial charge in [-0.2, -0.15) is 0 Å². The summed E-state index contributed by atoms with van der Waals surface area (Å²) in [5, 5.41) is 0. The zero-order valence-corrected chi connectivity index (χ0v) is 20.0. The lowest BCUT2D eigenvalue weighted by Crippen LogP contribution is -2.29. The van der Waals surface area contributed by atoms with E-state index >= 15 is 0 Å². The van der Waals surface area contributed by atoms with Crippen LogP contribution < -0.4 is 0 Å². The minimum absolute atomic E-state index is 0.0869. The second-order valence-electron chi connectivity index (χ2n) is 6.87. The van der Waals surface area contributed by atoms with Gasteiger partial charge in [0.25, 0.3) is 0 Å². The van der Waals surface area contributed by atoms with Gasteiger partial charge in [-0.1, -0.05) is 62.5 Å². The standard InChI is InChI=1S/C23H37O8P/c1-3-5-6-7-8-9-10-11-12-13-14-15-16-18-23(25)31-21(20-30-32(26,27)28)19-29-22(24)17-4-2/h5-6,8-9,11-12,14-15,21H,3-4,7,10,13,16-20H2,1-2H3,(H2,26,27,28)/b6-5-,9-8-,12-11-,15-14-. The molecule has 1 unspecified atom stereocenters. The molecule has 32 heavy (non-hydrogen) atoms. The van der Waals surface area contributed by atoms with Gasteiger partial charge < -0.3 is 19.3 Å². The number of ether oxygens (including phenoxy) is 2. The maximum absolute atomic E-state index is 12.0. The van der Waals surface area contributed by atoms with Crippen molar-refractivity contribution in [3.63, 3.8) is 0 Å². The Morgan fingerprint density at radius 3 is 1.91 bits per heavy atom. The first-order valence-electron chi connectivity index (χ1n) is 10.9. The van der Waals surface area contributed by atoms with Crippen LogP contribution in [0.3, 0.4) is 0 Å². The third kappa shape index (κ3) is 21.2. The van der Waals surface area contributed by atoms with Gasteiger partial charge in [0.15, 0.2) is 6.10 Å². The Bertz CT molecular complexity index is 675. The van der Waals surface area contributed by atoms with Gasteiger partial charge in [-0.3, -0.25) is 14.1 Å². The first-order chi connectivity index (χ1) is 15.3. The molecule has 8 nitrogen and oxygen atoms in total. The van der Waals surface area contributed by atoms with Gasteiger partial charge in [-0.05, 0) is 38.5 Å². The molecule has 0 amide bonds. The monoisotopic (exact) mass is 472 g/mol. The molecule has 0 saturated heterocycles. The number of carbonyl (C=O) groups is 2. The Hall–Kier alpha value is -1.99. The molecule has 0 aromatic heterocycles. The number of rotatable bonds is 18. The van der Waals surface area contributed by atoms with Crippen LogP contribution in [0, 0.1) is 0 Å². The Morgan fingerprint density at radius 1 is 0.812 bits per heavy atom. The molecule has 0 bridgehead atoms. The van der Waals surface area contributed by atoms with Gasteiger partial charge >= 0.3 is 19.8 Å². The molecule has 0 saturated carbocycles. The van der Waals surface area contributed by atoms with E-state index in [0.29, 0.717) is 12.8 Å². The van der Waals surface area contributed by atoms with Gasteiger partial charge in [0, 0.05) is 12.8 Å². The normalized spacial score (nSPS) is 13.5. The van der Waals surface area contributed by atoms with Crippen molar-refractivity contribution in [1.82, 2.24) is 0 Å². The molecule has 0 radical (unpaired) electrons. The highest BCUT2D eigenvalue weighted by molar-refractivity contribution is 7.46. The SMILES string of the molecule is CC/C=C\C/C=C\C/C=C\C/C=C\CCC(=O)OC(COC(=O)CCC)COP(=O)(O)O. The third-order valence-electron chi connectivity index (χ3n) is 3.85. The van der Waals surface area contributed by atoms with Crippen LogP contribution >= 0.6 is 7.82 Å². The lowest BCUT2D eigenvalue weighted by atomic mass is 10.2. The van der Waals surface area contributed by atoms with Crippen LogP contribution in [0.5, 0.6) is 0 Å². The Kier molecular flexibility index (Phi) is 18.5. The molecular weight excluding hydrogens is 435 g/mol. The largest absolute Gasteiger partial charge is 0.469 e. The molecule has 0 aromatic rings. The molecule has 0 fully saturated rings. The van der Waals surface area contributed by atoms with Crippen LogP contribution in [0.25, 0.3) is 0 Å². The molecule has 0 aliphatic heterocycles. The molecule has 0 aliphatic rings. The molecule has 9 heteroatoms. The number of hydrogen-bond acceptors (Lipinski definition) is 6. The van der Waals surface area contributed by atoms with Gasteiger partial charge in [0.05, 0.1) is 6.61 Å². The number of phosphoric ester groups is 1. The average Bonchev–Trinajstić information content (AvgIpc) is 2.73. The van der Waals surface area contributed by atoms with Crippen molar-refractivity contribution in [2.24, 2.45) is 0 Å². The summed E-state index contributed by atoms with van der Waals surface area (Å²) < 4.78 is 25.3. The van der Waals surface area contributed by atoms with E-state index in [9.17, 15) is 14.2 Å². The molecule has 0 aromatic carbocycles. The van der Waals surface area contributed by atoms with Crippen molar-refractivity contribution < 1.29 is 37.9 Å². The Morgan fingerprint density at radius 2 is 1.38 bits per heavy atom. The number of carbonyl (C=O) groups excluding carboxylic acids is 2. The maximum Gasteiger partial charge on any atom is 0.469 e. The highest BCUT2D eigenvalue weighted by atomic mass is 31.2. The fourth-order valence-electron chi connectivity index (χ4n) is 2.30. The summed E-state index contributed by atoms with van der Waals surface area (Å²) in [5.41, 5.74) is 0. The van der Waals surface area contributed by atoms with E-state index in [2.05, 4.69) is 41.8 Å². The lowest BCUT2D eigenvalue weighted by Gasteiger charge is -2.18. The minimum Gasteiger partial charge on any atom is -0.462 e. The van der Waals surface area contributed by atoms with E-state index in [1.165, 1.54) is 0 Å². The highest BCUT2D eigenvalue weighted by Crippen LogP contribution is 2.35. The second kappa shape index (κ2) is 19.7. The van der Waals surface area contributed by atoms with Gasteiger partial charge in [-0.25, -0.2) is 4.57 Å². The molecule has 1 atom stereocenters. The first kappa shape index (κ1) is 30.0. The van der Waals surface area contributed by atoms with E-state index in [0.717, 1.165) is 25.7 Å². The quantitative estimate of drug-likeness (QED) is 0.164. The third-order valence-corrected chi connectivity index (χ3v) is 4.33. The molecule has 2 N–H and O–H groups in total. The predicted molar refractivity (Wildman–Crippen MR) is 124 cm³/mol. The minimum atomic E-state index is -4.73. The zero-order chi connectivity index (χ0) is 24.1. The second-order valence-corrected chi connectivity index (χ2v) is 8.11. The van der Waals surface area contributed by atoms with Gasteiger partial charge in [0.1, 0.15) is 6.61 Å². The number of allylic oxidation sites excluding steroid dienone is 8. The van der Waals surface area contributed by atoms with Crippen LogP contribution in [0.15, 0.2) is 48.6 Å². The summed E-state index contributed by atoms with van der Waals surface area (Å²) in [6.07, 6.45) is 20.3. The fraction of sp³-hybridized carbons (Fsp3) is 0.565. The van der Waals surface area contributed by atoms with E-state index in [1.54, 1.807) is 0 Å². The topological polar surface area (TPSA) is 119 Å². The lowest BCUT2D eigenvalue weighted by molar-refractivity contribution is -0.161. The van der Waals surface area contributed by atoms with E-state index < -0.39 is 32.5 Å². The van der Waals surface area contributed by atoms with Gasteiger partial charge in [-0.15, -0.1) is 0 Å². The van der Waals surface area contributed by atoms with Crippen LogP contribution in [0.4, 0.5) is 0 Å². The van der Waals surface area contributed by atoms with Crippen LogP contribution in [-0.4, -0.2) is 41.0 Å². The van der Waals surface area contributed by atoms with Crippen molar-refractivity contribution in [2.45, 2.75) is 71.3 Å². The maximum atomic E-state index is 12.0. The summed E-state index contributed by atoms with van der Waals surface area (Å²) in [4.78, 5) is 41.1. The molecule has 0 spiro atoms. The van der Waals surface area contributed by atoms with Crippen molar-refractivity contribution in [3.8, 4) is 0 Å². The molecule has 0 aliphatic carbocycles. The number of hydrogen-bond donors (Lipinski definition) is 2. The van der Waals surface area contributed by atoms with Crippen LogP contribution in [0.1, 0.15) is 65.2 Å². The molecular formula is C23H37O8P. The fourth-order valence-corrected chi connectivity index (χ4v) is 2.66. The summed E-state index contributed by atoms with van der Waals surface area (Å²) in [6.45, 7) is 3.02. The van der Waals surface area contributed by atoms with E-state index in [4.69, 9.17) is 19.3 Å². The summed E-state index contributed by atoms with van der Waals surface area (Å²) >= 11 is 0. The molecule has 182 valence electrons. The van der Waals surface area contributed by atoms with Gasteiger partial charge in [0.2, 0.25) is 0 Å². The Labute approximate surface area is 191 Å². The average molecular weight is 473 g/mol. The first-order valence-corrected chi connectivity index (χ1v) is 12.5. The Balaban J connectivity index is 4.20. The van der Waals surface area contributed by atoms with Crippen molar-refractivity contribution >= 4 is 19.8 Å². The predicted octanol–water partition coefficient (Wildman–Crippen LogP) is 4.94. The summed E-state index contributed by atoms with van der Waals surface area (Å²) in [6, 6.07) is 0. The number of phosphoric acid groups is 1. The van der Waals surface area contributed by atoms with Crippen molar-refractivity contribution in [3.05, 3.63) is 48.6 Å². The molecule has 0 heterocycles. The van der Waals surface area contributed by atoms with E-state index in [-0.39, 0.29) is 19.4 Å². The number of esters is 2. The summed E-state index contributed by atoms with van der Waals surface area (Å²) in [5.74, 6) is -1.05. The van der Waals surface area contributed by atoms with Crippen LogP contribution in [0.2, 0.25) is 0 Å². The van der Waals surface area contributed by atoms with Crippen molar-refractivity contribution in [2.75, 3.05) is 13.2 Å². The van der Waals surface area contributed by atoms with Crippen molar-refractivity contribution in [1.29, 1.82) is 0 Å². The highest BCUT2D eigenvalue weighted by Gasteiger charge is 2.22. The smallest absolute Gasteiger partial charge is 0.462 e. The summed E-state index contributed by atoms with van der Waals surface area (Å²) in [7, 11) is -4.73. The van der Waals surface area contributed by atoms with E-state index in [1.807, 2.05) is 25.2 Å².